The van der Waals surface area contributed by atoms with Crippen LogP contribution < -0.4 is 16.2 Å². The van der Waals surface area contributed by atoms with Gasteiger partial charge in [0.05, 0.1) is 6.54 Å². The second-order valence-electron chi connectivity index (χ2n) is 5.87. The van der Waals surface area contributed by atoms with Crippen molar-refractivity contribution >= 4 is 12.1 Å². The second-order valence-corrected chi connectivity index (χ2v) is 5.87. The highest BCUT2D eigenvalue weighted by Gasteiger charge is 2.27. The molecule has 0 saturated heterocycles. The Morgan fingerprint density at radius 1 is 1.12 bits per heavy atom. The van der Waals surface area contributed by atoms with Crippen molar-refractivity contribution < 1.29 is 22.7 Å². The highest BCUT2D eigenvalue weighted by Crippen LogP contribution is 2.12. The Labute approximate surface area is 138 Å². The minimum absolute atomic E-state index is 0.143. The number of rotatable bonds is 3. The van der Waals surface area contributed by atoms with Crippen LogP contribution in [0.2, 0.25) is 0 Å². The molecule has 9 heteroatoms. The van der Waals surface area contributed by atoms with Gasteiger partial charge in [0.15, 0.2) is 0 Å². The summed E-state index contributed by atoms with van der Waals surface area (Å²) in [6.07, 6.45) is -5.25. The van der Waals surface area contributed by atoms with Crippen molar-refractivity contribution in [3.8, 4) is 0 Å². The number of guanidine groups is 1. The summed E-state index contributed by atoms with van der Waals surface area (Å²) in [5, 5.41) is 2.09. The van der Waals surface area contributed by atoms with Crippen molar-refractivity contribution in [2.75, 3.05) is 6.54 Å². The number of hydrogen-bond donors (Lipinski definition) is 3. The number of aliphatic imine (C=N–C) groups is 1. The first-order valence-electron chi connectivity index (χ1n) is 7.19. The molecule has 0 radical (unpaired) electrons. The molecule has 0 aliphatic heterocycles. The Hall–Kier alpha value is -2.45. The van der Waals surface area contributed by atoms with E-state index in [1.54, 1.807) is 45.0 Å². The van der Waals surface area contributed by atoms with Gasteiger partial charge in [0.25, 0.3) is 0 Å². The monoisotopic (exact) mass is 346 g/mol. The number of amides is 1. The van der Waals surface area contributed by atoms with Crippen LogP contribution in [0.15, 0.2) is 35.3 Å². The van der Waals surface area contributed by atoms with Crippen LogP contribution in [-0.2, 0) is 11.3 Å². The molecule has 1 aromatic rings. The fourth-order valence-corrected chi connectivity index (χ4v) is 1.49. The summed E-state index contributed by atoms with van der Waals surface area (Å²) < 4.78 is 42.0. The van der Waals surface area contributed by atoms with Crippen molar-refractivity contribution in [2.45, 2.75) is 39.1 Å². The average molecular weight is 346 g/mol. The number of alkyl halides is 3. The minimum Gasteiger partial charge on any atom is -0.443 e. The van der Waals surface area contributed by atoms with Crippen LogP contribution in [0, 0.1) is 0 Å². The van der Waals surface area contributed by atoms with Crippen LogP contribution in [0.1, 0.15) is 26.3 Å². The quantitative estimate of drug-likeness (QED) is 0.447. The van der Waals surface area contributed by atoms with Gasteiger partial charge < -0.3 is 10.1 Å². The molecule has 0 heterocycles. The van der Waals surface area contributed by atoms with Gasteiger partial charge in [-0.1, -0.05) is 30.3 Å². The molecular weight excluding hydrogens is 325 g/mol. The van der Waals surface area contributed by atoms with Gasteiger partial charge in [-0.2, -0.15) is 13.2 Å². The zero-order chi connectivity index (χ0) is 18.2. The topological polar surface area (TPSA) is 74.8 Å². The zero-order valence-corrected chi connectivity index (χ0v) is 13.7. The van der Waals surface area contributed by atoms with Crippen molar-refractivity contribution in [1.29, 1.82) is 0 Å². The molecule has 0 aliphatic rings. The first kappa shape index (κ1) is 19.6. The summed E-state index contributed by atoms with van der Waals surface area (Å²) in [5.74, 6) is -0.220. The molecule has 0 bridgehead atoms. The lowest BCUT2D eigenvalue weighted by molar-refractivity contribution is -0.122. The van der Waals surface area contributed by atoms with Crippen molar-refractivity contribution in [1.82, 2.24) is 16.2 Å². The third-order valence-corrected chi connectivity index (χ3v) is 2.40. The molecule has 1 aromatic carbocycles. The van der Waals surface area contributed by atoms with Gasteiger partial charge in [0.1, 0.15) is 12.1 Å². The van der Waals surface area contributed by atoms with E-state index in [1.165, 1.54) is 0 Å². The lowest BCUT2D eigenvalue weighted by Crippen LogP contribution is -2.51. The van der Waals surface area contributed by atoms with E-state index < -0.39 is 24.4 Å². The van der Waals surface area contributed by atoms with E-state index in [4.69, 9.17) is 4.74 Å². The van der Waals surface area contributed by atoms with Gasteiger partial charge in [-0.15, -0.1) is 0 Å². The first-order chi connectivity index (χ1) is 11.1. The van der Waals surface area contributed by atoms with Crippen LogP contribution in [0.25, 0.3) is 0 Å². The molecule has 1 amide bonds. The smallest absolute Gasteiger partial charge is 0.426 e. The summed E-state index contributed by atoms with van der Waals surface area (Å²) in [6, 6.07) is 8.97. The minimum atomic E-state index is -4.42. The van der Waals surface area contributed by atoms with Crippen molar-refractivity contribution in [2.24, 2.45) is 4.99 Å². The molecular formula is C15H21F3N4O2. The summed E-state index contributed by atoms with van der Waals surface area (Å²) in [5.41, 5.74) is 4.52. The van der Waals surface area contributed by atoms with Gasteiger partial charge >= 0.3 is 12.3 Å². The van der Waals surface area contributed by atoms with E-state index in [0.29, 0.717) is 0 Å². The van der Waals surface area contributed by atoms with E-state index >= 15 is 0 Å². The summed E-state index contributed by atoms with van der Waals surface area (Å²) in [4.78, 5) is 15.5. The molecule has 1 rings (SSSR count). The molecule has 0 spiro atoms. The molecule has 0 aromatic heterocycles. The Kier molecular flexibility index (Phi) is 6.87. The molecule has 3 N–H and O–H groups in total. The van der Waals surface area contributed by atoms with Gasteiger partial charge in [-0.05, 0) is 26.3 Å². The Bertz CT molecular complexity index is 554. The number of carbonyl (C=O) groups excluding carboxylic acids is 1. The first-order valence-corrected chi connectivity index (χ1v) is 7.19. The molecule has 134 valence electrons. The highest BCUT2D eigenvalue weighted by atomic mass is 19.4. The average Bonchev–Trinajstić information content (AvgIpc) is 2.44. The maximum atomic E-state index is 12.3. The van der Waals surface area contributed by atoms with Gasteiger partial charge in [-0.3, -0.25) is 5.43 Å². The third kappa shape index (κ3) is 9.54. The number of nitrogens with one attached hydrogen (secondary N) is 3. The number of ether oxygens (including phenoxy) is 1. The lowest BCUT2D eigenvalue weighted by Gasteiger charge is -2.20. The van der Waals surface area contributed by atoms with E-state index in [2.05, 4.69) is 21.2 Å². The van der Waals surface area contributed by atoms with E-state index in [9.17, 15) is 18.0 Å². The predicted octanol–water partition coefficient (Wildman–Crippen LogP) is 2.72. The molecule has 0 saturated carbocycles. The van der Waals surface area contributed by atoms with Crippen LogP contribution >= 0.6 is 0 Å². The summed E-state index contributed by atoms with van der Waals surface area (Å²) in [7, 11) is 0. The largest absolute Gasteiger partial charge is 0.443 e. The maximum absolute atomic E-state index is 12.3. The number of halogens is 3. The number of hydrazine groups is 1. The fourth-order valence-electron chi connectivity index (χ4n) is 1.49. The van der Waals surface area contributed by atoms with E-state index in [0.717, 1.165) is 5.56 Å². The Morgan fingerprint density at radius 3 is 2.29 bits per heavy atom. The molecule has 24 heavy (non-hydrogen) atoms. The summed E-state index contributed by atoms with van der Waals surface area (Å²) in [6.45, 7) is 3.85. The van der Waals surface area contributed by atoms with Crippen LogP contribution in [-0.4, -0.2) is 30.4 Å². The third-order valence-electron chi connectivity index (χ3n) is 2.40. The van der Waals surface area contributed by atoms with Gasteiger partial charge in [-0.25, -0.2) is 15.2 Å². The van der Waals surface area contributed by atoms with Crippen molar-refractivity contribution in [3.05, 3.63) is 35.9 Å². The highest BCUT2D eigenvalue weighted by molar-refractivity contribution is 5.82. The van der Waals surface area contributed by atoms with Crippen LogP contribution in [0.3, 0.4) is 0 Å². The normalized spacial score (nSPS) is 12.5. The van der Waals surface area contributed by atoms with Crippen LogP contribution in [0.5, 0.6) is 0 Å². The number of carbonyl (C=O) groups is 1. The Balaban J connectivity index is 2.65. The molecule has 0 unspecified atom stereocenters. The fraction of sp³-hybridized carbons (Fsp3) is 0.467. The number of hydrogen-bond acceptors (Lipinski definition) is 3. The second kappa shape index (κ2) is 8.42. The number of benzene rings is 1. The Morgan fingerprint density at radius 2 is 1.75 bits per heavy atom. The molecule has 6 nitrogen and oxygen atoms in total. The summed E-state index contributed by atoms with van der Waals surface area (Å²) >= 11 is 0. The zero-order valence-electron chi connectivity index (χ0n) is 13.7. The SMILES string of the molecule is CC(C)(C)OC(=O)NNC(=NCc1ccccc1)NCC(F)(F)F. The molecule has 0 atom stereocenters. The molecule has 0 aliphatic carbocycles. The van der Waals surface area contributed by atoms with E-state index in [1.807, 2.05) is 6.07 Å². The van der Waals surface area contributed by atoms with Crippen LogP contribution in [0.4, 0.5) is 18.0 Å². The predicted molar refractivity (Wildman–Crippen MR) is 84.1 cm³/mol. The van der Waals surface area contributed by atoms with E-state index in [-0.39, 0.29) is 12.5 Å². The molecule has 0 fully saturated rings. The van der Waals surface area contributed by atoms with Crippen molar-refractivity contribution in [3.63, 3.8) is 0 Å². The lowest BCUT2D eigenvalue weighted by atomic mass is 10.2. The van der Waals surface area contributed by atoms with Gasteiger partial charge in [0, 0.05) is 0 Å². The maximum Gasteiger partial charge on any atom is 0.426 e. The number of nitrogens with zero attached hydrogens (tertiary/aromatic N) is 1. The van der Waals surface area contributed by atoms with Gasteiger partial charge in [0.2, 0.25) is 5.96 Å². The standard InChI is InChI=1S/C15H21F3N4O2/c1-14(2,3)24-13(23)22-21-12(20-10-15(16,17)18)19-9-11-7-5-4-6-8-11/h4-8H,9-10H2,1-3H3,(H,22,23)(H2,19,20,21).